The molecule has 3 rings (SSSR count). The third-order valence-electron chi connectivity index (χ3n) is 4.68. The number of non-ortho nitro benzene ring substituents is 1. The summed E-state index contributed by atoms with van der Waals surface area (Å²) in [5.41, 5.74) is -0.0263. The van der Waals surface area contributed by atoms with Crippen LogP contribution in [0.3, 0.4) is 0 Å². The van der Waals surface area contributed by atoms with Gasteiger partial charge in [0, 0.05) is 32.2 Å². The minimum Gasteiger partial charge on any atom is -0.367 e. The molecule has 1 aromatic rings. The molecule has 0 spiro atoms. The SMILES string of the molecule is O=[N+]([O-])c1ccc(N2CCN([C@H]3CCNCC3(F)F)CC2)c(F)c1. The zero-order chi connectivity index (χ0) is 17.3. The van der Waals surface area contributed by atoms with Gasteiger partial charge in [-0.1, -0.05) is 0 Å². The van der Waals surface area contributed by atoms with Gasteiger partial charge in [0.05, 0.1) is 29.3 Å². The van der Waals surface area contributed by atoms with E-state index in [0.29, 0.717) is 39.1 Å². The summed E-state index contributed by atoms with van der Waals surface area (Å²) < 4.78 is 42.1. The van der Waals surface area contributed by atoms with Crippen LogP contribution in [-0.4, -0.2) is 61.1 Å². The van der Waals surface area contributed by atoms with Crippen molar-refractivity contribution in [3.8, 4) is 0 Å². The Morgan fingerprint density at radius 2 is 1.96 bits per heavy atom. The second kappa shape index (κ2) is 6.56. The van der Waals surface area contributed by atoms with Gasteiger partial charge in [-0.3, -0.25) is 15.0 Å². The van der Waals surface area contributed by atoms with E-state index < -0.39 is 22.7 Å². The summed E-state index contributed by atoms with van der Waals surface area (Å²) in [6.45, 7) is 1.91. The van der Waals surface area contributed by atoms with E-state index in [1.165, 1.54) is 12.1 Å². The molecule has 2 heterocycles. The fourth-order valence-corrected chi connectivity index (χ4v) is 3.41. The molecule has 6 nitrogen and oxygen atoms in total. The van der Waals surface area contributed by atoms with Crippen LogP contribution in [0.25, 0.3) is 0 Å². The number of piperazine rings is 1. The lowest BCUT2D eigenvalue weighted by Crippen LogP contribution is -2.61. The maximum Gasteiger partial charge on any atom is 0.275 e. The highest BCUT2D eigenvalue weighted by atomic mass is 19.3. The molecule has 9 heteroatoms. The molecule has 0 aliphatic carbocycles. The minimum atomic E-state index is -2.76. The summed E-state index contributed by atoms with van der Waals surface area (Å²) in [6, 6.07) is 2.74. The van der Waals surface area contributed by atoms with Crippen molar-refractivity contribution in [1.29, 1.82) is 0 Å². The number of nitrogens with zero attached hydrogens (tertiary/aromatic N) is 3. The number of nitrogens with one attached hydrogen (secondary N) is 1. The smallest absolute Gasteiger partial charge is 0.275 e. The molecule has 2 aliphatic rings. The summed E-state index contributed by atoms with van der Waals surface area (Å²) in [5, 5.41) is 13.4. The molecule has 0 unspecified atom stereocenters. The number of anilines is 1. The number of hydrogen-bond acceptors (Lipinski definition) is 5. The molecule has 2 fully saturated rings. The van der Waals surface area contributed by atoms with Gasteiger partial charge in [-0.25, -0.2) is 13.2 Å². The molecule has 24 heavy (non-hydrogen) atoms. The van der Waals surface area contributed by atoms with Crippen molar-refractivity contribution in [2.24, 2.45) is 0 Å². The van der Waals surface area contributed by atoms with Crippen LogP contribution in [0.5, 0.6) is 0 Å². The number of rotatable bonds is 3. The predicted molar refractivity (Wildman–Crippen MR) is 83.1 cm³/mol. The van der Waals surface area contributed by atoms with Gasteiger partial charge in [-0.2, -0.15) is 0 Å². The molecule has 2 aliphatic heterocycles. The maximum absolute atomic E-state index is 14.1. The average Bonchev–Trinajstić information content (AvgIpc) is 2.54. The second-order valence-electron chi connectivity index (χ2n) is 6.16. The van der Waals surface area contributed by atoms with Crippen molar-refractivity contribution in [2.45, 2.75) is 18.4 Å². The minimum absolute atomic E-state index is 0.275. The fraction of sp³-hybridized carbons (Fsp3) is 0.600. The highest BCUT2D eigenvalue weighted by molar-refractivity contribution is 5.52. The van der Waals surface area contributed by atoms with Crippen molar-refractivity contribution in [3.05, 3.63) is 34.1 Å². The van der Waals surface area contributed by atoms with Crippen LogP contribution >= 0.6 is 0 Å². The first-order chi connectivity index (χ1) is 11.4. The van der Waals surface area contributed by atoms with Gasteiger partial charge in [-0.15, -0.1) is 0 Å². The first-order valence-corrected chi connectivity index (χ1v) is 7.90. The highest BCUT2D eigenvalue weighted by Crippen LogP contribution is 2.30. The quantitative estimate of drug-likeness (QED) is 0.670. The molecular weight excluding hydrogens is 325 g/mol. The van der Waals surface area contributed by atoms with Crippen molar-refractivity contribution < 1.29 is 18.1 Å². The Labute approximate surface area is 137 Å². The Balaban J connectivity index is 1.66. The summed E-state index contributed by atoms with van der Waals surface area (Å²) in [7, 11) is 0. The topological polar surface area (TPSA) is 61.7 Å². The molecular formula is C15H19F3N4O2. The Hall–Kier alpha value is -1.87. The number of piperidine rings is 1. The lowest BCUT2D eigenvalue weighted by atomic mass is 9.99. The van der Waals surface area contributed by atoms with Crippen LogP contribution < -0.4 is 10.2 Å². The van der Waals surface area contributed by atoms with Crippen LogP contribution in [0, 0.1) is 15.9 Å². The number of nitro benzene ring substituents is 1. The van der Waals surface area contributed by atoms with Crippen LogP contribution in [0.1, 0.15) is 6.42 Å². The lowest BCUT2D eigenvalue weighted by Gasteiger charge is -2.44. The largest absolute Gasteiger partial charge is 0.367 e. The Kier molecular flexibility index (Phi) is 4.64. The van der Waals surface area contributed by atoms with Crippen molar-refractivity contribution in [1.82, 2.24) is 10.2 Å². The average molecular weight is 344 g/mol. The van der Waals surface area contributed by atoms with Gasteiger partial charge in [0.2, 0.25) is 0 Å². The number of hydrogen-bond donors (Lipinski definition) is 1. The normalized spacial score (nSPS) is 24.8. The van der Waals surface area contributed by atoms with Crippen LogP contribution in [0.15, 0.2) is 18.2 Å². The summed E-state index contributed by atoms with van der Waals surface area (Å²) in [4.78, 5) is 13.5. The van der Waals surface area contributed by atoms with Crippen molar-refractivity contribution >= 4 is 11.4 Å². The van der Waals surface area contributed by atoms with Gasteiger partial charge in [0.15, 0.2) is 5.82 Å². The zero-order valence-electron chi connectivity index (χ0n) is 13.1. The molecule has 0 amide bonds. The van der Waals surface area contributed by atoms with Gasteiger partial charge in [-0.05, 0) is 19.0 Å². The van der Waals surface area contributed by atoms with Crippen LogP contribution in [0.2, 0.25) is 0 Å². The van der Waals surface area contributed by atoms with E-state index in [2.05, 4.69) is 5.32 Å². The molecule has 2 saturated heterocycles. The van der Waals surface area contributed by atoms with Gasteiger partial charge < -0.3 is 10.2 Å². The monoisotopic (exact) mass is 344 g/mol. The molecule has 132 valence electrons. The van der Waals surface area contributed by atoms with Crippen LogP contribution in [-0.2, 0) is 0 Å². The summed E-state index contributed by atoms with van der Waals surface area (Å²) in [5.74, 6) is -3.43. The molecule has 1 N–H and O–H groups in total. The van der Waals surface area contributed by atoms with Gasteiger partial charge in [0.25, 0.3) is 11.6 Å². The van der Waals surface area contributed by atoms with E-state index >= 15 is 0 Å². The number of benzene rings is 1. The predicted octanol–water partition coefficient (Wildman–Crippen LogP) is 1.85. The second-order valence-corrected chi connectivity index (χ2v) is 6.16. The van der Waals surface area contributed by atoms with E-state index in [1.807, 2.05) is 0 Å². The third-order valence-corrected chi connectivity index (χ3v) is 4.68. The number of halogens is 3. The third kappa shape index (κ3) is 3.32. The van der Waals surface area contributed by atoms with E-state index in [0.717, 1.165) is 6.07 Å². The number of alkyl halides is 2. The maximum atomic E-state index is 14.1. The van der Waals surface area contributed by atoms with Crippen molar-refractivity contribution in [2.75, 3.05) is 44.2 Å². The molecule has 1 aromatic carbocycles. The van der Waals surface area contributed by atoms with E-state index in [4.69, 9.17) is 0 Å². The summed E-state index contributed by atoms with van der Waals surface area (Å²) in [6.07, 6.45) is 0.388. The van der Waals surface area contributed by atoms with Gasteiger partial charge in [0.1, 0.15) is 0 Å². The van der Waals surface area contributed by atoms with Crippen LogP contribution in [0.4, 0.5) is 24.5 Å². The number of nitro groups is 1. The van der Waals surface area contributed by atoms with E-state index in [-0.39, 0.29) is 17.9 Å². The molecule has 0 saturated carbocycles. The first kappa shape index (κ1) is 17.0. The Bertz CT molecular complexity index is 621. The molecule has 0 aromatic heterocycles. The fourth-order valence-electron chi connectivity index (χ4n) is 3.41. The van der Waals surface area contributed by atoms with E-state index in [1.54, 1.807) is 9.80 Å². The standard InChI is InChI=1S/C15H19F3N4O2/c16-12-9-11(22(23)24)1-2-13(12)20-5-7-21(8-6-20)14-3-4-19-10-15(14,17)18/h1-2,9,14,19H,3-8,10H2/t14-/m0/s1. The van der Waals surface area contributed by atoms with Crippen molar-refractivity contribution in [3.63, 3.8) is 0 Å². The molecule has 0 bridgehead atoms. The highest BCUT2D eigenvalue weighted by Gasteiger charge is 2.45. The molecule has 0 radical (unpaired) electrons. The lowest BCUT2D eigenvalue weighted by molar-refractivity contribution is -0.385. The van der Waals surface area contributed by atoms with E-state index in [9.17, 15) is 23.3 Å². The Morgan fingerprint density at radius 1 is 1.25 bits per heavy atom. The summed E-state index contributed by atoms with van der Waals surface area (Å²) >= 11 is 0. The zero-order valence-corrected chi connectivity index (χ0v) is 13.1. The molecule has 1 atom stereocenters. The Morgan fingerprint density at radius 3 is 2.54 bits per heavy atom. The van der Waals surface area contributed by atoms with Gasteiger partial charge >= 0.3 is 0 Å². The first-order valence-electron chi connectivity index (χ1n) is 7.90.